The number of carbonyl (C=O) groups excluding carboxylic acids is 1. The van der Waals surface area contributed by atoms with Crippen LogP contribution in [0.25, 0.3) is 17.1 Å². The van der Waals surface area contributed by atoms with E-state index in [9.17, 15) is 4.79 Å². The van der Waals surface area contributed by atoms with Crippen LogP contribution in [0.5, 0.6) is 11.5 Å². The largest absolute Gasteiger partial charge is 0.493 e. The molecule has 1 amide bonds. The number of aromatic amines is 1. The Labute approximate surface area is 180 Å². The standard InChI is InChI=1S/C23H25N3O5/c1-28-20-14-16(10-12-22(27)26-31-23-8-4-5-13-29-23)9-11-19(20)30-15-21-24-17-6-2-3-7-18(17)25-21/h2-3,6-7,9-12,14,23H,4-5,8,13,15H2,1H3,(H,24,25)(H,26,27)/b12-10+. The lowest BCUT2D eigenvalue weighted by Gasteiger charge is -2.21. The zero-order valence-corrected chi connectivity index (χ0v) is 17.3. The van der Waals surface area contributed by atoms with Crippen LogP contribution in [-0.4, -0.2) is 35.9 Å². The number of ether oxygens (including phenoxy) is 3. The fraction of sp³-hybridized carbons (Fsp3) is 0.304. The number of hydrogen-bond donors (Lipinski definition) is 2. The van der Waals surface area contributed by atoms with Gasteiger partial charge in [0.15, 0.2) is 17.8 Å². The molecule has 2 N–H and O–H groups in total. The second kappa shape index (κ2) is 10.1. The van der Waals surface area contributed by atoms with Gasteiger partial charge in [0, 0.05) is 19.1 Å². The summed E-state index contributed by atoms with van der Waals surface area (Å²) < 4.78 is 16.7. The Kier molecular flexibility index (Phi) is 6.81. The van der Waals surface area contributed by atoms with Crippen LogP contribution in [0.4, 0.5) is 0 Å². The summed E-state index contributed by atoms with van der Waals surface area (Å²) >= 11 is 0. The molecular formula is C23H25N3O5. The summed E-state index contributed by atoms with van der Waals surface area (Å²) in [5.74, 6) is 1.51. The summed E-state index contributed by atoms with van der Waals surface area (Å²) in [4.78, 5) is 25.0. The van der Waals surface area contributed by atoms with Crippen molar-refractivity contribution >= 4 is 23.0 Å². The molecule has 2 aromatic carbocycles. The number of amides is 1. The molecule has 1 atom stereocenters. The number of nitrogens with one attached hydrogen (secondary N) is 2. The Balaban J connectivity index is 1.33. The quantitative estimate of drug-likeness (QED) is 0.423. The summed E-state index contributed by atoms with van der Waals surface area (Å²) in [6.45, 7) is 0.935. The van der Waals surface area contributed by atoms with Gasteiger partial charge in [-0.3, -0.25) is 4.79 Å². The van der Waals surface area contributed by atoms with Crippen LogP contribution in [0.1, 0.15) is 30.7 Å². The van der Waals surface area contributed by atoms with Crippen molar-refractivity contribution in [3.8, 4) is 11.5 Å². The summed E-state index contributed by atoms with van der Waals surface area (Å²) in [7, 11) is 1.57. The molecule has 3 aromatic rings. The van der Waals surface area contributed by atoms with Crippen LogP contribution < -0.4 is 15.0 Å². The van der Waals surface area contributed by atoms with Gasteiger partial charge in [-0.25, -0.2) is 15.3 Å². The Bertz CT molecular complexity index is 1020. The third kappa shape index (κ3) is 5.62. The predicted octanol–water partition coefficient (Wildman–Crippen LogP) is 3.74. The van der Waals surface area contributed by atoms with Crippen LogP contribution in [0, 0.1) is 0 Å². The molecule has 162 valence electrons. The first-order valence-corrected chi connectivity index (χ1v) is 10.2. The lowest BCUT2D eigenvalue weighted by Crippen LogP contribution is -2.32. The van der Waals surface area contributed by atoms with Gasteiger partial charge >= 0.3 is 0 Å². The number of methoxy groups -OCH3 is 1. The van der Waals surface area contributed by atoms with Gasteiger partial charge in [-0.15, -0.1) is 0 Å². The number of para-hydroxylation sites is 2. The number of rotatable bonds is 8. The molecule has 0 bridgehead atoms. The minimum absolute atomic E-state index is 0.281. The van der Waals surface area contributed by atoms with Crippen LogP contribution in [0.3, 0.4) is 0 Å². The van der Waals surface area contributed by atoms with E-state index in [4.69, 9.17) is 19.0 Å². The number of hydroxylamine groups is 1. The Morgan fingerprint density at radius 2 is 2.16 bits per heavy atom. The number of H-pyrrole nitrogens is 1. The molecule has 2 heterocycles. The van der Waals surface area contributed by atoms with E-state index in [2.05, 4.69) is 15.4 Å². The second-order valence-electron chi connectivity index (χ2n) is 7.11. The second-order valence-corrected chi connectivity index (χ2v) is 7.11. The molecule has 0 aliphatic carbocycles. The summed E-state index contributed by atoms with van der Waals surface area (Å²) in [6.07, 6.45) is 5.51. The van der Waals surface area contributed by atoms with Crippen molar-refractivity contribution in [3.63, 3.8) is 0 Å². The summed E-state index contributed by atoms with van der Waals surface area (Å²) in [6, 6.07) is 13.2. The Hall–Kier alpha value is -3.36. The molecular weight excluding hydrogens is 398 g/mol. The molecule has 4 rings (SSSR count). The number of imidazole rings is 1. The molecule has 0 saturated carbocycles. The maximum atomic E-state index is 12.0. The maximum Gasteiger partial charge on any atom is 0.267 e. The maximum absolute atomic E-state index is 12.0. The number of nitrogens with zero attached hydrogens (tertiary/aromatic N) is 1. The molecule has 0 radical (unpaired) electrons. The van der Waals surface area contributed by atoms with E-state index in [-0.39, 0.29) is 18.8 Å². The highest BCUT2D eigenvalue weighted by molar-refractivity contribution is 5.91. The number of aromatic nitrogens is 2. The molecule has 8 heteroatoms. The lowest BCUT2D eigenvalue weighted by molar-refractivity contribution is -0.198. The number of benzene rings is 2. The first-order valence-electron chi connectivity index (χ1n) is 10.2. The van der Waals surface area contributed by atoms with Gasteiger partial charge in [0.05, 0.1) is 18.1 Å². The van der Waals surface area contributed by atoms with Gasteiger partial charge in [0.25, 0.3) is 5.91 Å². The molecule has 1 aliphatic rings. The molecule has 1 unspecified atom stereocenters. The molecule has 1 saturated heterocycles. The van der Waals surface area contributed by atoms with E-state index in [0.717, 1.165) is 41.7 Å². The van der Waals surface area contributed by atoms with Gasteiger partial charge in [0.2, 0.25) is 0 Å². The third-order valence-corrected chi connectivity index (χ3v) is 4.85. The molecule has 31 heavy (non-hydrogen) atoms. The van der Waals surface area contributed by atoms with Crippen molar-refractivity contribution in [1.29, 1.82) is 0 Å². The molecule has 0 spiro atoms. The summed E-state index contributed by atoms with van der Waals surface area (Å²) in [5.41, 5.74) is 5.04. The topological polar surface area (TPSA) is 94.7 Å². The minimum atomic E-state index is -0.380. The van der Waals surface area contributed by atoms with E-state index < -0.39 is 0 Å². The number of fused-ring (bicyclic) bond motifs is 1. The van der Waals surface area contributed by atoms with Crippen molar-refractivity contribution in [3.05, 3.63) is 59.9 Å². The SMILES string of the molecule is COc1cc(/C=C/C(=O)NOC2CCCCO2)ccc1OCc1nc2ccccc2[nH]1. The first kappa shape index (κ1) is 20.9. The molecule has 1 aliphatic heterocycles. The fourth-order valence-corrected chi connectivity index (χ4v) is 3.26. The predicted molar refractivity (Wildman–Crippen MR) is 115 cm³/mol. The van der Waals surface area contributed by atoms with Crippen molar-refractivity contribution in [2.45, 2.75) is 32.2 Å². The first-order chi connectivity index (χ1) is 15.2. The van der Waals surface area contributed by atoms with Gasteiger partial charge in [0.1, 0.15) is 12.4 Å². The van der Waals surface area contributed by atoms with E-state index in [1.807, 2.05) is 30.3 Å². The zero-order valence-electron chi connectivity index (χ0n) is 17.3. The van der Waals surface area contributed by atoms with E-state index in [1.54, 1.807) is 25.3 Å². The van der Waals surface area contributed by atoms with E-state index >= 15 is 0 Å². The van der Waals surface area contributed by atoms with Crippen molar-refractivity contribution in [2.24, 2.45) is 0 Å². The van der Waals surface area contributed by atoms with Gasteiger partial charge in [-0.05, 0) is 48.7 Å². The Morgan fingerprint density at radius 1 is 1.26 bits per heavy atom. The number of hydrogen-bond acceptors (Lipinski definition) is 6. The molecule has 1 aromatic heterocycles. The average molecular weight is 423 g/mol. The minimum Gasteiger partial charge on any atom is -0.493 e. The fourth-order valence-electron chi connectivity index (χ4n) is 3.26. The Morgan fingerprint density at radius 3 is 2.97 bits per heavy atom. The van der Waals surface area contributed by atoms with Crippen molar-refractivity contribution in [1.82, 2.24) is 15.4 Å². The molecule has 8 nitrogen and oxygen atoms in total. The zero-order chi connectivity index (χ0) is 21.5. The van der Waals surface area contributed by atoms with E-state index in [0.29, 0.717) is 18.1 Å². The van der Waals surface area contributed by atoms with Crippen LogP contribution >= 0.6 is 0 Å². The summed E-state index contributed by atoms with van der Waals surface area (Å²) in [5, 5.41) is 0. The van der Waals surface area contributed by atoms with Gasteiger partial charge in [-0.2, -0.15) is 0 Å². The average Bonchev–Trinajstić information content (AvgIpc) is 3.24. The van der Waals surface area contributed by atoms with Crippen LogP contribution in [0.15, 0.2) is 48.5 Å². The smallest absolute Gasteiger partial charge is 0.267 e. The monoisotopic (exact) mass is 423 g/mol. The normalized spacial score (nSPS) is 16.5. The van der Waals surface area contributed by atoms with Crippen LogP contribution in [0.2, 0.25) is 0 Å². The van der Waals surface area contributed by atoms with Crippen molar-refractivity contribution < 1.29 is 23.8 Å². The molecule has 1 fully saturated rings. The number of carbonyl (C=O) groups is 1. The van der Waals surface area contributed by atoms with E-state index in [1.165, 1.54) is 6.08 Å². The lowest BCUT2D eigenvalue weighted by atomic mass is 10.2. The van der Waals surface area contributed by atoms with Crippen LogP contribution in [-0.2, 0) is 21.0 Å². The highest BCUT2D eigenvalue weighted by Gasteiger charge is 2.15. The van der Waals surface area contributed by atoms with Crippen molar-refractivity contribution in [2.75, 3.05) is 13.7 Å². The highest BCUT2D eigenvalue weighted by Crippen LogP contribution is 2.29. The third-order valence-electron chi connectivity index (χ3n) is 4.85. The highest BCUT2D eigenvalue weighted by atomic mass is 16.8. The van der Waals surface area contributed by atoms with Gasteiger partial charge in [-0.1, -0.05) is 18.2 Å². The van der Waals surface area contributed by atoms with Gasteiger partial charge < -0.3 is 19.2 Å².